The summed E-state index contributed by atoms with van der Waals surface area (Å²) in [4.78, 5) is 24.5. The predicted molar refractivity (Wildman–Crippen MR) is 82.3 cm³/mol. The number of carbonyl (C=O) groups excluding carboxylic acids is 2. The van der Waals surface area contributed by atoms with Gasteiger partial charge in [-0.2, -0.15) is 0 Å². The molecule has 0 heterocycles. The molecule has 0 amide bonds. The molecule has 4 nitrogen and oxygen atoms in total. The van der Waals surface area contributed by atoms with Gasteiger partial charge in [-0.25, -0.2) is 4.79 Å². The Labute approximate surface area is 132 Å². The summed E-state index contributed by atoms with van der Waals surface area (Å²) in [5, 5.41) is 0. The molecule has 0 unspecified atom stereocenters. The highest BCUT2D eigenvalue weighted by molar-refractivity contribution is 9.10. The molecular weight excluding hydrogens is 336 g/mol. The summed E-state index contributed by atoms with van der Waals surface area (Å²) in [5.74, 6) is -0.697. The Bertz CT molecular complexity index is 547. The van der Waals surface area contributed by atoms with E-state index in [4.69, 9.17) is 9.47 Å². The summed E-state index contributed by atoms with van der Waals surface area (Å²) in [6.45, 7) is 0. The van der Waals surface area contributed by atoms with Gasteiger partial charge in [0.25, 0.3) is 0 Å². The summed E-state index contributed by atoms with van der Waals surface area (Å²) >= 11 is 3.42. The number of carbonyl (C=O) groups is 2. The van der Waals surface area contributed by atoms with Crippen LogP contribution >= 0.6 is 15.9 Å². The number of ether oxygens (including phenoxy) is 2. The average molecular weight is 355 g/mol. The number of esters is 2. The lowest BCUT2D eigenvalue weighted by Gasteiger charge is -2.36. The predicted octanol–water partition coefficient (Wildman–Crippen LogP) is 3.61. The fourth-order valence-electron chi connectivity index (χ4n) is 3.13. The molecular formula is C16H19BrO4. The van der Waals surface area contributed by atoms with Gasteiger partial charge in [-0.3, -0.25) is 4.79 Å². The topological polar surface area (TPSA) is 52.6 Å². The summed E-state index contributed by atoms with van der Waals surface area (Å²) in [7, 11) is 2.74. The summed E-state index contributed by atoms with van der Waals surface area (Å²) in [5.41, 5.74) is 0.392. The maximum absolute atomic E-state index is 12.5. The maximum atomic E-state index is 12.5. The normalized spacial score (nSPS) is 17.1. The van der Waals surface area contributed by atoms with Crippen LogP contribution in [0.25, 0.3) is 0 Å². The molecule has 1 aliphatic carbocycles. The summed E-state index contributed by atoms with van der Waals surface area (Å²) in [6, 6.07) is 5.32. The molecule has 5 heteroatoms. The standard InChI is InChI=1S/C16H19BrO4/c1-20-14(18)12-7-6-11(17)10-13(12)16(15(19)21-2)8-4-3-5-9-16/h6-7,10H,3-5,8-9H2,1-2H3. The van der Waals surface area contributed by atoms with Gasteiger partial charge in [0.1, 0.15) is 0 Å². The molecule has 1 saturated carbocycles. The molecule has 0 bridgehead atoms. The zero-order chi connectivity index (χ0) is 15.5. The largest absolute Gasteiger partial charge is 0.468 e. The van der Waals surface area contributed by atoms with Crippen LogP contribution in [-0.4, -0.2) is 26.2 Å². The van der Waals surface area contributed by atoms with Crippen molar-refractivity contribution in [3.05, 3.63) is 33.8 Å². The molecule has 0 aromatic heterocycles. The van der Waals surface area contributed by atoms with Crippen molar-refractivity contribution in [2.45, 2.75) is 37.5 Å². The Hall–Kier alpha value is -1.36. The molecule has 0 N–H and O–H groups in total. The number of rotatable bonds is 3. The fourth-order valence-corrected chi connectivity index (χ4v) is 3.50. The highest BCUT2D eigenvalue weighted by Gasteiger charge is 2.44. The van der Waals surface area contributed by atoms with Crippen molar-refractivity contribution in [1.82, 2.24) is 0 Å². The average Bonchev–Trinajstić information content (AvgIpc) is 2.53. The molecule has 1 aliphatic rings. The van der Waals surface area contributed by atoms with Crippen LogP contribution in [0.5, 0.6) is 0 Å². The van der Waals surface area contributed by atoms with Gasteiger partial charge in [0.05, 0.1) is 25.2 Å². The van der Waals surface area contributed by atoms with E-state index in [-0.39, 0.29) is 5.97 Å². The van der Waals surface area contributed by atoms with Gasteiger partial charge in [0, 0.05) is 4.47 Å². The SMILES string of the molecule is COC(=O)c1ccc(Br)cc1C1(C(=O)OC)CCCCC1. The monoisotopic (exact) mass is 354 g/mol. The smallest absolute Gasteiger partial charge is 0.338 e. The van der Waals surface area contributed by atoms with Crippen molar-refractivity contribution in [2.24, 2.45) is 0 Å². The highest BCUT2D eigenvalue weighted by atomic mass is 79.9. The second kappa shape index (κ2) is 6.60. The fraction of sp³-hybridized carbons (Fsp3) is 0.500. The van der Waals surface area contributed by atoms with Gasteiger partial charge in [0.2, 0.25) is 0 Å². The first-order chi connectivity index (χ1) is 10.0. The van der Waals surface area contributed by atoms with E-state index in [1.165, 1.54) is 14.2 Å². The first-order valence-corrected chi connectivity index (χ1v) is 7.81. The van der Waals surface area contributed by atoms with E-state index in [2.05, 4.69) is 15.9 Å². The van der Waals surface area contributed by atoms with Crippen molar-refractivity contribution in [3.8, 4) is 0 Å². The van der Waals surface area contributed by atoms with Gasteiger partial charge in [-0.15, -0.1) is 0 Å². The minimum Gasteiger partial charge on any atom is -0.468 e. The van der Waals surface area contributed by atoms with Crippen molar-refractivity contribution in [3.63, 3.8) is 0 Å². The molecule has 0 atom stereocenters. The second-order valence-corrected chi connectivity index (χ2v) is 6.23. The Kier molecular flexibility index (Phi) is 5.04. The van der Waals surface area contributed by atoms with Crippen LogP contribution in [0.2, 0.25) is 0 Å². The van der Waals surface area contributed by atoms with Crippen molar-refractivity contribution in [1.29, 1.82) is 0 Å². The molecule has 1 aromatic rings. The summed E-state index contributed by atoms with van der Waals surface area (Å²) in [6.07, 6.45) is 4.38. The van der Waals surface area contributed by atoms with Gasteiger partial charge in [-0.05, 0) is 36.6 Å². The van der Waals surface area contributed by atoms with Crippen molar-refractivity contribution in [2.75, 3.05) is 14.2 Å². The molecule has 0 saturated heterocycles. The van der Waals surface area contributed by atoms with Gasteiger partial charge < -0.3 is 9.47 Å². The number of halogens is 1. The lowest BCUT2D eigenvalue weighted by atomic mass is 9.68. The molecule has 114 valence electrons. The summed E-state index contributed by atoms with van der Waals surface area (Å²) < 4.78 is 10.7. The molecule has 0 radical (unpaired) electrons. The van der Waals surface area contributed by atoms with Crippen LogP contribution in [0.3, 0.4) is 0 Å². The van der Waals surface area contributed by atoms with Crippen molar-refractivity contribution >= 4 is 27.9 Å². The second-order valence-electron chi connectivity index (χ2n) is 5.32. The van der Waals surface area contributed by atoms with Crippen LogP contribution < -0.4 is 0 Å². The lowest BCUT2D eigenvalue weighted by Crippen LogP contribution is -2.40. The van der Waals surface area contributed by atoms with Crippen molar-refractivity contribution < 1.29 is 19.1 Å². The number of methoxy groups -OCH3 is 2. The third-order valence-corrected chi connectivity index (χ3v) is 4.68. The minimum absolute atomic E-state index is 0.273. The van der Waals surface area contributed by atoms with Gasteiger partial charge in [-0.1, -0.05) is 35.2 Å². The lowest BCUT2D eigenvalue weighted by molar-refractivity contribution is -0.149. The molecule has 2 rings (SSSR count). The van der Waals surface area contributed by atoms with E-state index in [1.807, 2.05) is 6.07 Å². The molecule has 1 aromatic carbocycles. The zero-order valence-corrected chi connectivity index (χ0v) is 13.9. The Morgan fingerprint density at radius 2 is 1.76 bits per heavy atom. The van der Waals surface area contributed by atoms with E-state index in [9.17, 15) is 9.59 Å². The van der Waals surface area contributed by atoms with E-state index in [0.717, 1.165) is 23.7 Å². The van der Waals surface area contributed by atoms with Crippen LogP contribution in [0.15, 0.2) is 22.7 Å². The van der Waals surface area contributed by atoms with E-state index in [1.54, 1.807) is 12.1 Å². The number of hydrogen-bond acceptors (Lipinski definition) is 4. The van der Waals surface area contributed by atoms with E-state index in [0.29, 0.717) is 24.0 Å². The van der Waals surface area contributed by atoms with E-state index >= 15 is 0 Å². The van der Waals surface area contributed by atoms with Gasteiger partial charge in [0.15, 0.2) is 0 Å². The quantitative estimate of drug-likeness (QED) is 0.778. The third-order valence-electron chi connectivity index (χ3n) is 4.19. The Morgan fingerprint density at radius 3 is 2.33 bits per heavy atom. The van der Waals surface area contributed by atoms with E-state index < -0.39 is 11.4 Å². The first kappa shape index (κ1) is 16.0. The minimum atomic E-state index is -0.750. The van der Waals surface area contributed by atoms with Crippen LogP contribution in [0.1, 0.15) is 48.0 Å². The number of benzene rings is 1. The first-order valence-electron chi connectivity index (χ1n) is 7.02. The zero-order valence-electron chi connectivity index (χ0n) is 12.3. The number of hydrogen-bond donors (Lipinski definition) is 0. The van der Waals surface area contributed by atoms with Crippen LogP contribution in [-0.2, 0) is 19.7 Å². The third kappa shape index (κ3) is 2.98. The molecule has 0 aliphatic heterocycles. The molecule has 1 fully saturated rings. The van der Waals surface area contributed by atoms with Crippen LogP contribution in [0.4, 0.5) is 0 Å². The Balaban J connectivity index is 2.61. The maximum Gasteiger partial charge on any atom is 0.338 e. The molecule has 21 heavy (non-hydrogen) atoms. The van der Waals surface area contributed by atoms with Gasteiger partial charge >= 0.3 is 11.9 Å². The van der Waals surface area contributed by atoms with Crippen LogP contribution in [0, 0.1) is 0 Å². The Morgan fingerprint density at radius 1 is 1.10 bits per heavy atom. The molecule has 0 spiro atoms. The highest BCUT2D eigenvalue weighted by Crippen LogP contribution is 2.43.